The van der Waals surface area contributed by atoms with Gasteiger partial charge in [-0.15, -0.1) is 0 Å². The zero-order valence-corrected chi connectivity index (χ0v) is 12.6. The molecule has 0 saturated carbocycles. The summed E-state index contributed by atoms with van der Waals surface area (Å²) in [5.74, 6) is -0.426. The molecule has 1 heterocycles. The molecule has 0 bridgehead atoms. The molecule has 23 heavy (non-hydrogen) atoms. The zero-order chi connectivity index (χ0) is 16.2. The highest BCUT2D eigenvalue weighted by Crippen LogP contribution is 2.32. The molecule has 0 aliphatic rings. The molecule has 0 amide bonds. The number of carboxylic acid groups (broad SMARTS) is 1. The van der Waals surface area contributed by atoms with Gasteiger partial charge in [0, 0.05) is 24.4 Å². The van der Waals surface area contributed by atoms with Gasteiger partial charge in [-0.25, -0.2) is 4.79 Å². The molecule has 1 aromatic heterocycles. The number of aromatic carboxylic acids is 1. The van der Waals surface area contributed by atoms with Crippen molar-refractivity contribution in [3.63, 3.8) is 0 Å². The van der Waals surface area contributed by atoms with Crippen LogP contribution in [-0.2, 0) is 13.7 Å². The number of hydrogen-bond acceptors (Lipinski definition) is 3. The molecule has 0 aliphatic carbocycles. The van der Waals surface area contributed by atoms with Gasteiger partial charge in [0.25, 0.3) is 0 Å². The lowest BCUT2D eigenvalue weighted by molar-refractivity contribution is 0.0690. The number of aromatic nitrogens is 2. The van der Waals surface area contributed by atoms with E-state index >= 15 is 0 Å². The van der Waals surface area contributed by atoms with Crippen LogP contribution in [0.4, 0.5) is 0 Å². The van der Waals surface area contributed by atoms with Crippen molar-refractivity contribution < 1.29 is 14.6 Å². The maximum Gasteiger partial charge on any atom is 0.357 e. The Bertz CT molecular complexity index is 825. The van der Waals surface area contributed by atoms with Crippen molar-refractivity contribution >= 4 is 5.97 Å². The van der Waals surface area contributed by atoms with Gasteiger partial charge in [0.2, 0.25) is 0 Å². The van der Waals surface area contributed by atoms with Crippen molar-refractivity contribution in [2.45, 2.75) is 6.61 Å². The van der Waals surface area contributed by atoms with Gasteiger partial charge in [-0.3, -0.25) is 4.68 Å². The summed E-state index contributed by atoms with van der Waals surface area (Å²) in [6.07, 6.45) is 1.69. The minimum atomic E-state index is -1.06. The maximum absolute atomic E-state index is 11.4. The lowest BCUT2D eigenvalue weighted by Gasteiger charge is -2.11. The van der Waals surface area contributed by atoms with Crippen LogP contribution in [0.25, 0.3) is 11.1 Å². The van der Waals surface area contributed by atoms with Crippen LogP contribution in [0.15, 0.2) is 60.8 Å². The van der Waals surface area contributed by atoms with E-state index in [-0.39, 0.29) is 5.69 Å². The number of hydrogen-bond donors (Lipinski definition) is 1. The van der Waals surface area contributed by atoms with E-state index in [0.717, 1.165) is 5.56 Å². The summed E-state index contributed by atoms with van der Waals surface area (Å²) in [5.41, 5.74) is 2.33. The standard InChI is InChI=1S/C18H16N2O3/c1-20-11-15(17(19-20)18(21)22)14-9-5-6-10-16(14)23-12-13-7-3-2-4-8-13/h2-11H,12H2,1H3,(H,21,22). The molecule has 0 unspecified atom stereocenters. The largest absolute Gasteiger partial charge is 0.488 e. The second-order valence-corrected chi connectivity index (χ2v) is 5.14. The number of rotatable bonds is 5. The quantitative estimate of drug-likeness (QED) is 0.785. The smallest absolute Gasteiger partial charge is 0.357 e. The average molecular weight is 308 g/mol. The monoisotopic (exact) mass is 308 g/mol. The molecule has 3 aromatic rings. The Balaban J connectivity index is 1.94. The van der Waals surface area contributed by atoms with Gasteiger partial charge >= 0.3 is 5.97 Å². The van der Waals surface area contributed by atoms with Crippen LogP contribution in [0.2, 0.25) is 0 Å². The minimum absolute atomic E-state index is 0.0169. The van der Waals surface area contributed by atoms with Crippen LogP contribution in [0.5, 0.6) is 5.75 Å². The van der Waals surface area contributed by atoms with Crippen LogP contribution in [0.1, 0.15) is 16.1 Å². The van der Waals surface area contributed by atoms with Crippen molar-refractivity contribution in [2.24, 2.45) is 7.05 Å². The highest BCUT2D eigenvalue weighted by atomic mass is 16.5. The fraction of sp³-hybridized carbons (Fsp3) is 0.111. The lowest BCUT2D eigenvalue weighted by Crippen LogP contribution is -2.01. The van der Waals surface area contributed by atoms with Gasteiger partial charge in [0.05, 0.1) is 0 Å². The Kier molecular flexibility index (Phi) is 4.10. The zero-order valence-electron chi connectivity index (χ0n) is 12.6. The molecule has 5 heteroatoms. The second-order valence-electron chi connectivity index (χ2n) is 5.14. The lowest BCUT2D eigenvalue weighted by atomic mass is 10.1. The van der Waals surface area contributed by atoms with Crippen molar-refractivity contribution in [2.75, 3.05) is 0 Å². The number of carboxylic acids is 1. The topological polar surface area (TPSA) is 64.3 Å². The van der Waals surface area contributed by atoms with E-state index in [4.69, 9.17) is 4.74 Å². The van der Waals surface area contributed by atoms with E-state index in [2.05, 4.69) is 5.10 Å². The third-order valence-electron chi connectivity index (χ3n) is 3.45. The molecule has 0 aliphatic heterocycles. The first-order chi connectivity index (χ1) is 11.1. The number of para-hydroxylation sites is 1. The number of nitrogens with zero attached hydrogens (tertiary/aromatic N) is 2. The molecular weight excluding hydrogens is 292 g/mol. The van der Waals surface area contributed by atoms with Gasteiger partial charge in [-0.1, -0.05) is 48.5 Å². The third-order valence-corrected chi connectivity index (χ3v) is 3.45. The van der Waals surface area contributed by atoms with Gasteiger partial charge in [0.15, 0.2) is 5.69 Å². The van der Waals surface area contributed by atoms with E-state index in [1.54, 1.807) is 13.2 Å². The van der Waals surface area contributed by atoms with Gasteiger partial charge in [-0.2, -0.15) is 5.10 Å². The maximum atomic E-state index is 11.4. The van der Waals surface area contributed by atoms with Gasteiger partial charge < -0.3 is 9.84 Å². The number of carbonyl (C=O) groups is 1. The molecule has 0 fully saturated rings. The summed E-state index contributed by atoms with van der Waals surface area (Å²) in [6, 6.07) is 17.2. The van der Waals surface area contributed by atoms with E-state index in [9.17, 15) is 9.90 Å². The predicted molar refractivity (Wildman–Crippen MR) is 86.4 cm³/mol. The van der Waals surface area contributed by atoms with Crippen molar-refractivity contribution in [1.29, 1.82) is 0 Å². The summed E-state index contributed by atoms with van der Waals surface area (Å²) in [6.45, 7) is 0.417. The van der Waals surface area contributed by atoms with Crippen LogP contribution in [0.3, 0.4) is 0 Å². The molecule has 0 radical (unpaired) electrons. The van der Waals surface area contributed by atoms with Crippen LogP contribution in [0, 0.1) is 0 Å². The van der Waals surface area contributed by atoms with Crippen molar-refractivity contribution in [3.05, 3.63) is 72.1 Å². The molecular formula is C18H16N2O3. The summed E-state index contributed by atoms with van der Waals surface area (Å²) in [4.78, 5) is 11.4. The normalized spacial score (nSPS) is 10.5. The average Bonchev–Trinajstić information content (AvgIpc) is 2.96. The minimum Gasteiger partial charge on any atom is -0.488 e. The fourth-order valence-corrected chi connectivity index (χ4v) is 2.39. The Hall–Kier alpha value is -3.08. The number of aryl methyl sites for hydroxylation is 1. The third kappa shape index (κ3) is 3.23. The molecule has 1 N–H and O–H groups in total. The van der Waals surface area contributed by atoms with Crippen LogP contribution < -0.4 is 4.74 Å². The van der Waals surface area contributed by atoms with E-state index in [1.807, 2.05) is 54.6 Å². The van der Waals surface area contributed by atoms with Gasteiger partial charge in [0.1, 0.15) is 12.4 Å². The first-order valence-electron chi connectivity index (χ1n) is 7.18. The van der Waals surface area contributed by atoms with Crippen molar-refractivity contribution in [1.82, 2.24) is 9.78 Å². The molecule has 116 valence electrons. The fourth-order valence-electron chi connectivity index (χ4n) is 2.39. The Morgan fingerprint density at radius 1 is 1.09 bits per heavy atom. The molecule has 0 saturated heterocycles. The highest BCUT2D eigenvalue weighted by molar-refractivity contribution is 5.94. The van der Waals surface area contributed by atoms with Gasteiger partial charge in [-0.05, 0) is 11.6 Å². The first-order valence-corrected chi connectivity index (χ1v) is 7.18. The molecule has 5 nitrogen and oxygen atoms in total. The molecule has 0 atom stereocenters. The molecule has 2 aromatic carbocycles. The highest BCUT2D eigenvalue weighted by Gasteiger charge is 2.19. The van der Waals surface area contributed by atoms with E-state index in [0.29, 0.717) is 23.5 Å². The molecule has 3 rings (SSSR count). The van der Waals surface area contributed by atoms with Crippen LogP contribution in [-0.4, -0.2) is 20.9 Å². The molecule has 0 spiro atoms. The van der Waals surface area contributed by atoms with E-state index < -0.39 is 5.97 Å². The number of benzene rings is 2. The van der Waals surface area contributed by atoms with E-state index in [1.165, 1.54) is 4.68 Å². The Morgan fingerprint density at radius 3 is 2.52 bits per heavy atom. The summed E-state index contributed by atoms with van der Waals surface area (Å²) < 4.78 is 7.38. The van der Waals surface area contributed by atoms with Crippen LogP contribution >= 0.6 is 0 Å². The SMILES string of the molecule is Cn1cc(-c2ccccc2OCc2ccccc2)c(C(=O)O)n1. The van der Waals surface area contributed by atoms with Crippen molar-refractivity contribution in [3.8, 4) is 16.9 Å². The Morgan fingerprint density at radius 2 is 1.78 bits per heavy atom. The summed E-state index contributed by atoms with van der Waals surface area (Å²) >= 11 is 0. The summed E-state index contributed by atoms with van der Waals surface area (Å²) in [5, 5.41) is 13.3. The number of ether oxygens (including phenoxy) is 1. The Labute approximate surface area is 133 Å². The second kappa shape index (κ2) is 6.36. The predicted octanol–water partition coefficient (Wildman–Crippen LogP) is 3.36. The first kappa shape index (κ1) is 14.8. The summed E-state index contributed by atoms with van der Waals surface area (Å²) in [7, 11) is 1.70.